The molecule has 3 aromatic rings. The molecule has 2 aromatic carbocycles. The van der Waals surface area contributed by atoms with Crippen molar-refractivity contribution in [3.05, 3.63) is 59.4 Å². The first-order chi connectivity index (χ1) is 11.3. The molecule has 2 N–H and O–H groups in total. The molecule has 5 nitrogen and oxygen atoms in total. The molecule has 3 rings (SSSR count). The van der Waals surface area contributed by atoms with Crippen LogP contribution >= 0.6 is 0 Å². The topological polar surface area (TPSA) is 86.2 Å². The Hall–Kier alpha value is -2.44. The zero-order chi connectivity index (χ0) is 17.5. The molecular formula is C18H18N2O3S. The summed E-state index contributed by atoms with van der Waals surface area (Å²) in [5.74, 6) is 0.645. The predicted octanol–water partition coefficient (Wildman–Crippen LogP) is 3.58. The monoisotopic (exact) mass is 342 g/mol. The molecule has 0 aliphatic rings. The summed E-state index contributed by atoms with van der Waals surface area (Å²) in [5, 5.41) is 9.58. The summed E-state index contributed by atoms with van der Waals surface area (Å²) in [6.45, 7) is 5.56. The molecule has 0 aliphatic carbocycles. The second-order valence-corrected chi connectivity index (χ2v) is 7.25. The Morgan fingerprint density at radius 1 is 0.917 bits per heavy atom. The molecule has 0 saturated heterocycles. The summed E-state index contributed by atoms with van der Waals surface area (Å²) < 4.78 is 29.9. The van der Waals surface area contributed by atoms with Gasteiger partial charge in [-0.2, -0.15) is 0 Å². The second kappa shape index (κ2) is 5.89. The summed E-state index contributed by atoms with van der Waals surface area (Å²) >= 11 is 0. The van der Waals surface area contributed by atoms with Gasteiger partial charge in [0.1, 0.15) is 11.5 Å². The average Bonchev–Trinajstić information content (AvgIpc) is 2.86. The van der Waals surface area contributed by atoms with Crippen molar-refractivity contribution in [3.8, 4) is 22.4 Å². The summed E-state index contributed by atoms with van der Waals surface area (Å²) in [6, 6.07) is 12.8. The number of nitrogens with two attached hydrogens (primary N) is 1. The van der Waals surface area contributed by atoms with Crippen LogP contribution in [0.1, 0.15) is 16.9 Å². The highest BCUT2D eigenvalue weighted by Gasteiger charge is 2.24. The van der Waals surface area contributed by atoms with E-state index in [9.17, 15) is 8.42 Å². The Kier molecular flexibility index (Phi) is 4.03. The fraction of sp³-hybridized carbons (Fsp3) is 0.167. The van der Waals surface area contributed by atoms with Crippen molar-refractivity contribution >= 4 is 10.0 Å². The Bertz CT molecular complexity index is 1020. The molecule has 0 radical (unpaired) electrons. The number of primary sulfonamides is 1. The molecule has 0 spiro atoms. The van der Waals surface area contributed by atoms with Crippen LogP contribution < -0.4 is 5.14 Å². The van der Waals surface area contributed by atoms with Crippen molar-refractivity contribution in [1.82, 2.24) is 5.16 Å². The lowest BCUT2D eigenvalue weighted by atomic mass is 9.97. The number of rotatable bonds is 3. The van der Waals surface area contributed by atoms with Crippen LogP contribution in [0.5, 0.6) is 0 Å². The SMILES string of the molecule is Cc1ccccc1-c1cccc(-c2noc(C)c2C)c1S(N)(=O)=O. The number of benzene rings is 2. The van der Waals surface area contributed by atoms with Gasteiger partial charge in [0.15, 0.2) is 0 Å². The van der Waals surface area contributed by atoms with Gasteiger partial charge in [0, 0.05) is 16.7 Å². The van der Waals surface area contributed by atoms with E-state index in [1.807, 2.05) is 38.1 Å². The number of aromatic nitrogens is 1. The van der Waals surface area contributed by atoms with Crippen LogP contribution in [0.2, 0.25) is 0 Å². The van der Waals surface area contributed by atoms with Crippen molar-refractivity contribution in [2.24, 2.45) is 5.14 Å². The number of nitrogens with zero attached hydrogens (tertiary/aromatic N) is 1. The first kappa shape index (κ1) is 16.4. The molecular weight excluding hydrogens is 324 g/mol. The van der Waals surface area contributed by atoms with Gasteiger partial charge >= 0.3 is 0 Å². The minimum atomic E-state index is -3.97. The maximum Gasteiger partial charge on any atom is 0.239 e. The molecule has 0 bridgehead atoms. The first-order valence-corrected chi connectivity index (χ1v) is 9.00. The van der Waals surface area contributed by atoms with E-state index >= 15 is 0 Å². The highest BCUT2D eigenvalue weighted by molar-refractivity contribution is 7.89. The summed E-state index contributed by atoms with van der Waals surface area (Å²) in [5.41, 5.74) is 4.09. The van der Waals surface area contributed by atoms with Gasteiger partial charge in [-0.05, 0) is 31.9 Å². The van der Waals surface area contributed by atoms with Crippen LogP contribution in [0.4, 0.5) is 0 Å². The molecule has 0 unspecified atom stereocenters. The Balaban J connectivity index is 2.40. The third-order valence-electron chi connectivity index (χ3n) is 4.15. The van der Waals surface area contributed by atoms with Crippen molar-refractivity contribution in [1.29, 1.82) is 0 Å². The van der Waals surface area contributed by atoms with Crippen LogP contribution in [0.3, 0.4) is 0 Å². The summed E-state index contributed by atoms with van der Waals surface area (Å²) in [6.07, 6.45) is 0. The fourth-order valence-electron chi connectivity index (χ4n) is 2.79. The van der Waals surface area contributed by atoms with Crippen LogP contribution in [0.25, 0.3) is 22.4 Å². The van der Waals surface area contributed by atoms with E-state index < -0.39 is 10.0 Å². The Morgan fingerprint density at radius 2 is 1.54 bits per heavy atom. The quantitative estimate of drug-likeness (QED) is 0.788. The highest BCUT2D eigenvalue weighted by atomic mass is 32.2. The molecule has 0 atom stereocenters. The van der Waals surface area contributed by atoms with E-state index in [2.05, 4.69) is 5.16 Å². The number of hydrogen-bond acceptors (Lipinski definition) is 4. The molecule has 0 amide bonds. The van der Waals surface area contributed by atoms with Gasteiger partial charge in [0.25, 0.3) is 0 Å². The third-order valence-corrected chi connectivity index (χ3v) is 5.16. The summed E-state index contributed by atoms with van der Waals surface area (Å²) in [7, 11) is -3.97. The van der Waals surface area contributed by atoms with Crippen LogP contribution in [0.15, 0.2) is 51.9 Å². The average molecular weight is 342 g/mol. The maximum absolute atomic E-state index is 12.4. The molecule has 24 heavy (non-hydrogen) atoms. The lowest BCUT2D eigenvalue weighted by Gasteiger charge is -2.14. The van der Waals surface area contributed by atoms with Crippen molar-refractivity contribution in [2.45, 2.75) is 25.7 Å². The molecule has 0 fully saturated rings. The Labute approximate surface area is 141 Å². The fourth-order valence-corrected chi connectivity index (χ4v) is 3.74. The molecule has 1 heterocycles. The van der Waals surface area contributed by atoms with Gasteiger partial charge in [-0.15, -0.1) is 0 Å². The highest BCUT2D eigenvalue weighted by Crippen LogP contribution is 2.37. The molecule has 1 aromatic heterocycles. The zero-order valence-corrected chi connectivity index (χ0v) is 14.5. The van der Waals surface area contributed by atoms with Gasteiger partial charge in [-0.1, -0.05) is 47.6 Å². The molecule has 6 heteroatoms. The standard InChI is InChI=1S/C18H18N2O3S/c1-11-7-4-5-8-14(11)15-9-6-10-16(18(15)24(19,21)22)17-12(2)13(3)23-20-17/h4-10H,1-3H3,(H2,19,21,22). The van der Waals surface area contributed by atoms with Crippen molar-refractivity contribution < 1.29 is 12.9 Å². The van der Waals surface area contributed by atoms with Gasteiger partial charge in [0.2, 0.25) is 10.0 Å². The van der Waals surface area contributed by atoms with Crippen LogP contribution in [-0.4, -0.2) is 13.6 Å². The molecule has 0 aliphatic heterocycles. The minimum Gasteiger partial charge on any atom is -0.361 e. The van der Waals surface area contributed by atoms with Crippen LogP contribution in [0, 0.1) is 20.8 Å². The van der Waals surface area contributed by atoms with E-state index in [0.29, 0.717) is 22.6 Å². The number of aryl methyl sites for hydroxylation is 2. The smallest absolute Gasteiger partial charge is 0.239 e. The maximum atomic E-state index is 12.4. The van der Waals surface area contributed by atoms with E-state index in [1.54, 1.807) is 25.1 Å². The van der Waals surface area contributed by atoms with Gasteiger partial charge in [-0.25, -0.2) is 13.6 Å². The molecule has 124 valence electrons. The van der Waals surface area contributed by atoms with E-state index in [4.69, 9.17) is 9.66 Å². The van der Waals surface area contributed by atoms with Crippen molar-refractivity contribution in [2.75, 3.05) is 0 Å². The van der Waals surface area contributed by atoms with Gasteiger partial charge in [0.05, 0.1) is 4.90 Å². The van der Waals surface area contributed by atoms with Gasteiger partial charge in [-0.3, -0.25) is 0 Å². The lowest BCUT2D eigenvalue weighted by molar-refractivity contribution is 0.398. The Morgan fingerprint density at radius 3 is 2.12 bits per heavy atom. The largest absolute Gasteiger partial charge is 0.361 e. The normalized spacial score (nSPS) is 11.7. The number of hydrogen-bond donors (Lipinski definition) is 1. The molecule has 0 saturated carbocycles. The first-order valence-electron chi connectivity index (χ1n) is 7.45. The summed E-state index contributed by atoms with van der Waals surface area (Å²) in [4.78, 5) is 0.0655. The van der Waals surface area contributed by atoms with E-state index in [1.165, 1.54) is 0 Å². The zero-order valence-electron chi connectivity index (χ0n) is 13.7. The van der Waals surface area contributed by atoms with Gasteiger partial charge < -0.3 is 4.52 Å². The second-order valence-electron chi connectivity index (χ2n) is 5.75. The third kappa shape index (κ3) is 2.74. The number of sulfonamides is 1. The van der Waals surface area contributed by atoms with E-state index in [0.717, 1.165) is 16.7 Å². The minimum absolute atomic E-state index is 0.0655. The van der Waals surface area contributed by atoms with E-state index in [-0.39, 0.29) is 4.90 Å². The van der Waals surface area contributed by atoms with Crippen molar-refractivity contribution in [3.63, 3.8) is 0 Å². The lowest BCUT2D eigenvalue weighted by Crippen LogP contribution is -2.15. The van der Waals surface area contributed by atoms with Crippen LogP contribution in [-0.2, 0) is 10.0 Å². The predicted molar refractivity (Wildman–Crippen MR) is 93.0 cm³/mol.